The maximum atomic E-state index is 13.9. The number of aliphatic hydroxyl groups is 2. The largest absolute Gasteiger partial charge is 0.497 e. The highest BCUT2D eigenvalue weighted by atomic mass is 32.2. The van der Waals surface area contributed by atoms with Gasteiger partial charge in [0.25, 0.3) is 0 Å². The Labute approximate surface area is 487 Å². The molecule has 0 unspecified atom stereocenters. The topological polar surface area (TPSA) is 314 Å². The molecule has 2 saturated heterocycles. The van der Waals surface area contributed by atoms with Crippen molar-refractivity contribution in [3.8, 4) is 17.6 Å². The predicted molar refractivity (Wildman–Crippen MR) is 305 cm³/mol. The van der Waals surface area contributed by atoms with Crippen LogP contribution in [0.25, 0.3) is 0 Å². The molecule has 4 aromatic rings. The molecule has 0 spiro atoms. The average molecular weight is 1200 g/mol. The summed E-state index contributed by atoms with van der Waals surface area (Å²) in [4.78, 5) is 37.1. The van der Waals surface area contributed by atoms with Gasteiger partial charge in [-0.3, -0.25) is 4.79 Å². The summed E-state index contributed by atoms with van der Waals surface area (Å²) in [7, 11) is -5.24. The second-order valence-electron chi connectivity index (χ2n) is 21.7. The van der Waals surface area contributed by atoms with E-state index < -0.39 is 85.5 Å². The minimum atomic E-state index is -4.13. The quantitative estimate of drug-likeness (QED) is 0.0470. The Kier molecular flexibility index (Phi) is 26.4. The lowest BCUT2D eigenvalue weighted by Crippen LogP contribution is -2.52. The number of sulfonamides is 2. The number of benzene rings is 4. The number of rotatable bonds is 29. The van der Waals surface area contributed by atoms with Gasteiger partial charge in [0.15, 0.2) is 12.2 Å². The summed E-state index contributed by atoms with van der Waals surface area (Å²) in [6, 6.07) is 30.7. The Morgan fingerprint density at radius 2 is 0.988 bits per heavy atom. The summed E-state index contributed by atoms with van der Waals surface area (Å²) in [6.45, 7) is 7.72. The van der Waals surface area contributed by atoms with Gasteiger partial charge in [-0.15, -0.1) is 0 Å². The van der Waals surface area contributed by atoms with Gasteiger partial charge in [0.05, 0.1) is 80.8 Å². The molecule has 4 atom stereocenters. The van der Waals surface area contributed by atoms with Crippen molar-refractivity contribution in [2.45, 2.75) is 113 Å². The molecule has 0 bridgehead atoms. The number of primary amides is 1. The maximum absolute atomic E-state index is 13.9. The number of carbonyl (C=O) groups excluding carboxylic acids is 3. The zero-order chi connectivity index (χ0) is 60.6. The lowest BCUT2D eigenvalue weighted by atomic mass is 9.87. The number of alkyl carbamates (subject to hydrolysis) is 2. The van der Waals surface area contributed by atoms with E-state index in [4.69, 9.17) is 48.9 Å². The SMILES string of the molecule is COc1ccc(S(=O)(=O)N(C[C@@H](O)[C@H](Cc2ccccc2)NC(=O)OC2COCOC2)CC(C)(C)CCC#N)cc1.COc1ccc(S(=O)(=O)N(C[C@@H](O)[C@H](Cc2ccccc2)NC(=O)OC2COCOC2)CC(C)(C)CCC(N)=O)cc1. The van der Waals surface area contributed by atoms with E-state index in [1.807, 2.05) is 88.4 Å². The zero-order valence-electron chi connectivity index (χ0n) is 47.9. The number of nitrogens with zero attached hydrogens (tertiary/aromatic N) is 3. The monoisotopic (exact) mass is 1200 g/mol. The first kappa shape index (κ1) is 67.4. The van der Waals surface area contributed by atoms with Crippen LogP contribution in [-0.4, -0.2) is 171 Å². The van der Waals surface area contributed by atoms with Gasteiger partial charge in [0.1, 0.15) is 25.1 Å². The molecule has 0 aromatic heterocycles. The molecule has 6 rings (SSSR count). The average Bonchev–Trinajstić information content (AvgIpc) is 3.47. The van der Waals surface area contributed by atoms with Crippen LogP contribution in [0.15, 0.2) is 119 Å². The number of hydrogen-bond acceptors (Lipinski definition) is 18. The van der Waals surface area contributed by atoms with Crippen LogP contribution in [0.3, 0.4) is 0 Å². The van der Waals surface area contributed by atoms with Crippen molar-refractivity contribution in [1.82, 2.24) is 19.2 Å². The number of nitrogens with one attached hydrogen (secondary N) is 2. The summed E-state index contributed by atoms with van der Waals surface area (Å²) in [5.74, 6) is 0.498. The standard InChI is InChI=1S/C29H41N3O9S.C29H39N3O8S/c1-29(2,14-13-27(30)34)19-32(42(36,37)24-11-9-22(38-3)10-12-24)16-26(33)25(15-21-7-5-4-6-8-21)31-28(35)41-23-17-39-20-40-18-23;1-29(2,14-7-15-30)20-32(41(35,36)25-12-10-23(37-3)11-13-25)17-27(33)26(16-22-8-5-4-6-9-22)31-28(34)40-24-18-38-21-39-19-24/h4-12,23,25-26,33H,13-20H2,1-3H3,(H2,30,34)(H,31,35);4-6,8-13,24,26-27,33H,7,14,16-21H2,1-3H3,(H,31,34)/t25-,26+;26-,27+/m00/s1. The third kappa shape index (κ3) is 22.6. The first-order valence-electron chi connectivity index (χ1n) is 27.1. The second-order valence-corrected chi connectivity index (χ2v) is 25.6. The molecular formula is C58H80N6O17S2. The van der Waals surface area contributed by atoms with Crippen LogP contribution >= 0.6 is 0 Å². The molecule has 0 saturated carbocycles. The van der Waals surface area contributed by atoms with Crippen molar-refractivity contribution in [2.75, 3.05) is 80.4 Å². The molecular weight excluding hydrogens is 1120 g/mol. The fraction of sp³-hybridized carbons (Fsp3) is 0.517. The van der Waals surface area contributed by atoms with E-state index in [1.54, 1.807) is 12.1 Å². The van der Waals surface area contributed by atoms with Crippen molar-refractivity contribution in [1.29, 1.82) is 5.26 Å². The minimum Gasteiger partial charge on any atom is -0.497 e. The van der Waals surface area contributed by atoms with E-state index in [-0.39, 0.29) is 102 Å². The highest BCUT2D eigenvalue weighted by Crippen LogP contribution is 2.31. The van der Waals surface area contributed by atoms with Gasteiger partial charge in [-0.25, -0.2) is 26.4 Å². The summed E-state index contributed by atoms with van der Waals surface area (Å²) in [5.41, 5.74) is 5.76. The summed E-state index contributed by atoms with van der Waals surface area (Å²) < 4.78 is 99.7. The van der Waals surface area contributed by atoms with Crippen LogP contribution in [0.1, 0.15) is 64.5 Å². The van der Waals surface area contributed by atoms with E-state index in [1.165, 1.54) is 59.2 Å². The predicted octanol–water partition coefficient (Wildman–Crippen LogP) is 5.14. The van der Waals surface area contributed by atoms with Gasteiger partial charge in [0.2, 0.25) is 26.0 Å². The van der Waals surface area contributed by atoms with Gasteiger partial charge in [0, 0.05) is 39.0 Å². The van der Waals surface area contributed by atoms with Gasteiger partial charge in [-0.2, -0.15) is 13.9 Å². The van der Waals surface area contributed by atoms with E-state index in [0.29, 0.717) is 24.3 Å². The van der Waals surface area contributed by atoms with Crippen LogP contribution in [0, 0.1) is 22.2 Å². The molecule has 23 nitrogen and oxygen atoms in total. The van der Waals surface area contributed by atoms with Crippen LogP contribution in [0.4, 0.5) is 9.59 Å². The molecule has 3 amide bonds. The molecule has 83 heavy (non-hydrogen) atoms. The van der Waals surface area contributed by atoms with Gasteiger partial charge in [-0.05, 0) is 96.2 Å². The fourth-order valence-corrected chi connectivity index (χ4v) is 12.3. The summed E-state index contributed by atoms with van der Waals surface area (Å²) in [5, 5.41) is 37.5. The number of nitriles is 1. The Hall–Kier alpha value is -6.44. The third-order valence-corrected chi connectivity index (χ3v) is 17.2. The molecule has 25 heteroatoms. The molecule has 2 heterocycles. The Balaban J connectivity index is 0.000000304. The second kappa shape index (κ2) is 32.6. The minimum absolute atomic E-state index is 0.00507. The van der Waals surface area contributed by atoms with Crippen LogP contribution in [0.2, 0.25) is 0 Å². The Morgan fingerprint density at radius 3 is 1.33 bits per heavy atom. The van der Waals surface area contributed by atoms with E-state index >= 15 is 0 Å². The number of methoxy groups -OCH3 is 2. The Morgan fingerprint density at radius 1 is 0.627 bits per heavy atom. The van der Waals surface area contributed by atoms with Crippen molar-refractivity contribution >= 4 is 38.1 Å². The third-order valence-electron chi connectivity index (χ3n) is 13.6. The summed E-state index contributed by atoms with van der Waals surface area (Å²) in [6.07, 6.45) is -3.89. The van der Waals surface area contributed by atoms with Gasteiger partial charge < -0.3 is 64.5 Å². The number of hydrogen-bond donors (Lipinski definition) is 5. The van der Waals surface area contributed by atoms with Gasteiger partial charge >= 0.3 is 12.2 Å². The Bertz CT molecular complexity index is 2890. The molecule has 0 aliphatic carbocycles. The van der Waals surface area contributed by atoms with Crippen LogP contribution in [0.5, 0.6) is 11.5 Å². The number of nitrogens with two attached hydrogens (primary N) is 1. The number of ether oxygens (including phenoxy) is 8. The molecule has 4 aromatic carbocycles. The number of amides is 3. The molecule has 2 aliphatic rings. The van der Waals surface area contributed by atoms with Crippen molar-refractivity contribution in [3.05, 3.63) is 120 Å². The van der Waals surface area contributed by atoms with Crippen molar-refractivity contribution in [2.24, 2.45) is 16.6 Å². The lowest BCUT2D eigenvalue weighted by Gasteiger charge is -2.35. The van der Waals surface area contributed by atoms with Gasteiger partial charge in [-0.1, -0.05) is 88.4 Å². The van der Waals surface area contributed by atoms with Crippen LogP contribution in [-0.2, 0) is 66.1 Å². The zero-order valence-corrected chi connectivity index (χ0v) is 49.6. The van der Waals surface area contributed by atoms with E-state index in [0.717, 1.165) is 11.1 Å². The van der Waals surface area contributed by atoms with Crippen molar-refractivity contribution < 1.29 is 79.3 Å². The molecule has 2 fully saturated rings. The highest BCUT2D eigenvalue weighted by molar-refractivity contribution is 7.89. The van der Waals surface area contributed by atoms with E-state index in [2.05, 4.69) is 16.7 Å². The van der Waals surface area contributed by atoms with Crippen molar-refractivity contribution in [3.63, 3.8) is 0 Å². The lowest BCUT2D eigenvalue weighted by molar-refractivity contribution is -0.151. The van der Waals surface area contributed by atoms with E-state index in [9.17, 15) is 41.4 Å². The first-order chi connectivity index (χ1) is 39.4. The molecule has 6 N–H and O–H groups in total. The normalized spacial score (nSPS) is 16.0. The molecule has 456 valence electrons. The first-order valence-corrected chi connectivity index (χ1v) is 29.9. The number of carbonyl (C=O) groups is 3. The van der Waals surface area contributed by atoms with Crippen LogP contribution < -0.4 is 25.8 Å². The molecule has 0 radical (unpaired) electrons. The summed E-state index contributed by atoms with van der Waals surface area (Å²) >= 11 is 0. The fourth-order valence-electron chi connectivity index (χ4n) is 8.97. The smallest absolute Gasteiger partial charge is 0.407 e. The number of aliphatic hydroxyl groups excluding tert-OH is 2. The highest BCUT2D eigenvalue weighted by Gasteiger charge is 2.37. The molecule has 2 aliphatic heterocycles. The maximum Gasteiger partial charge on any atom is 0.407 e.